The maximum Gasteiger partial charge on any atom is 0.335 e. The second-order valence-electron chi connectivity index (χ2n) is 7.55. The van der Waals surface area contributed by atoms with Gasteiger partial charge in [-0.15, -0.1) is 0 Å². The summed E-state index contributed by atoms with van der Waals surface area (Å²) < 4.78 is 23.9. The molecule has 0 radical (unpaired) electrons. The number of nitrogens with one attached hydrogen (secondary N) is 2. The van der Waals surface area contributed by atoms with E-state index >= 15 is 0 Å². The molecule has 0 unspecified atom stereocenters. The fraction of sp³-hybridized carbons (Fsp3) is 0.0769. The van der Waals surface area contributed by atoms with Gasteiger partial charge < -0.3 is 14.8 Å². The van der Waals surface area contributed by atoms with Crippen molar-refractivity contribution in [3.05, 3.63) is 89.8 Å². The lowest BCUT2D eigenvalue weighted by Gasteiger charge is -2.26. The van der Waals surface area contributed by atoms with Crippen molar-refractivity contribution in [3.63, 3.8) is 0 Å². The Kier molecular flexibility index (Phi) is 7.05. The molecule has 0 aliphatic carbocycles. The number of amides is 5. The van der Waals surface area contributed by atoms with Crippen molar-refractivity contribution in [2.45, 2.75) is 0 Å². The predicted octanol–water partition coefficient (Wildman–Crippen LogP) is 3.52. The summed E-state index contributed by atoms with van der Waals surface area (Å²) in [4.78, 5) is 50.7. The number of urea groups is 1. The molecule has 1 saturated heterocycles. The molecule has 4 rings (SSSR count). The monoisotopic (exact) mass is 489 g/mol. The molecule has 36 heavy (non-hydrogen) atoms. The lowest BCUT2D eigenvalue weighted by Crippen LogP contribution is -2.54. The molecule has 1 fully saturated rings. The Morgan fingerprint density at radius 2 is 1.72 bits per heavy atom. The number of hydrogen-bond acceptors (Lipinski definition) is 6. The fourth-order valence-electron chi connectivity index (χ4n) is 3.40. The van der Waals surface area contributed by atoms with E-state index in [1.165, 1.54) is 49.6 Å². The average molecular weight is 489 g/mol. The van der Waals surface area contributed by atoms with Crippen LogP contribution in [-0.4, -0.2) is 37.5 Å². The van der Waals surface area contributed by atoms with Crippen molar-refractivity contribution in [3.8, 4) is 11.5 Å². The Hall–Kier alpha value is -4.99. The molecule has 0 atom stereocenters. The highest BCUT2D eigenvalue weighted by Crippen LogP contribution is 2.30. The number of ether oxygens (including phenoxy) is 2. The van der Waals surface area contributed by atoms with Gasteiger partial charge in [0.15, 0.2) is 18.1 Å². The molecule has 1 aliphatic rings. The molecule has 1 aliphatic heterocycles. The van der Waals surface area contributed by atoms with E-state index in [1.807, 2.05) is 0 Å². The molecular formula is C26H20FN3O6. The quantitative estimate of drug-likeness (QED) is 0.388. The van der Waals surface area contributed by atoms with Gasteiger partial charge in [-0.3, -0.25) is 19.7 Å². The molecule has 0 spiro atoms. The first kappa shape index (κ1) is 24.1. The number of hydrogen-bond donors (Lipinski definition) is 2. The van der Waals surface area contributed by atoms with Gasteiger partial charge in [0.25, 0.3) is 17.7 Å². The molecule has 1 heterocycles. The summed E-state index contributed by atoms with van der Waals surface area (Å²) in [6, 6.07) is 17.3. The minimum Gasteiger partial charge on any atom is -0.493 e. The zero-order chi connectivity index (χ0) is 25.7. The largest absolute Gasteiger partial charge is 0.493 e. The van der Waals surface area contributed by atoms with E-state index in [-0.39, 0.29) is 23.7 Å². The third-order valence-electron chi connectivity index (χ3n) is 5.10. The number of para-hydroxylation sites is 1. The second kappa shape index (κ2) is 10.5. The molecule has 0 aromatic heterocycles. The fourth-order valence-corrected chi connectivity index (χ4v) is 3.40. The molecule has 10 heteroatoms. The molecular weight excluding hydrogens is 469 g/mol. The van der Waals surface area contributed by atoms with E-state index in [4.69, 9.17) is 9.47 Å². The SMILES string of the molecule is COc1cc(C=C2C(=O)NC(=O)N(c3ccccc3)C2=O)ccc1OCC(=O)Nc1ccc(F)cc1. The number of barbiturate groups is 1. The Morgan fingerprint density at radius 3 is 2.42 bits per heavy atom. The summed E-state index contributed by atoms with van der Waals surface area (Å²) in [7, 11) is 1.39. The lowest BCUT2D eigenvalue weighted by molar-refractivity contribution is -0.122. The van der Waals surface area contributed by atoms with Gasteiger partial charge in [0.05, 0.1) is 12.8 Å². The molecule has 2 N–H and O–H groups in total. The summed E-state index contributed by atoms with van der Waals surface area (Å²) in [5, 5.41) is 4.74. The van der Waals surface area contributed by atoms with E-state index in [9.17, 15) is 23.6 Å². The van der Waals surface area contributed by atoms with Crippen molar-refractivity contribution in [2.24, 2.45) is 0 Å². The Bertz CT molecular complexity index is 1360. The number of halogens is 1. The van der Waals surface area contributed by atoms with E-state index in [1.54, 1.807) is 36.4 Å². The predicted molar refractivity (Wildman–Crippen MR) is 129 cm³/mol. The van der Waals surface area contributed by atoms with Crippen molar-refractivity contribution >= 4 is 41.2 Å². The zero-order valence-corrected chi connectivity index (χ0v) is 19.0. The van der Waals surface area contributed by atoms with Crippen LogP contribution in [0.1, 0.15) is 5.56 Å². The number of nitrogens with zero attached hydrogens (tertiary/aromatic N) is 1. The number of rotatable bonds is 7. The Morgan fingerprint density at radius 1 is 1.00 bits per heavy atom. The summed E-state index contributed by atoms with van der Waals surface area (Å²) in [5.41, 5.74) is 0.916. The van der Waals surface area contributed by atoms with Crippen molar-refractivity contribution in [1.82, 2.24) is 5.32 Å². The number of methoxy groups -OCH3 is 1. The van der Waals surface area contributed by atoms with Crippen LogP contribution in [0.2, 0.25) is 0 Å². The molecule has 182 valence electrons. The first-order valence-electron chi connectivity index (χ1n) is 10.7. The smallest absolute Gasteiger partial charge is 0.335 e. The normalized spacial score (nSPS) is 14.4. The number of benzene rings is 3. The van der Waals surface area contributed by atoms with Crippen LogP contribution in [0, 0.1) is 5.82 Å². The lowest BCUT2D eigenvalue weighted by atomic mass is 10.1. The summed E-state index contributed by atoms with van der Waals surface area (Å²) in [5.74, 6) is -1.99. The highest BCUT2D eigenvalue weighted by atomic mass is 19.1. The summed E-state index contributed by atoms with van der Waals surface area (Å²) >= 11 is 0. The molecule has 0 saturated carbocycles. The average Bonchev–Trinajstić information content (AvgIpc) is 2.87. The number of carbonyl (C=O) groups is 4. The number of anilines is 2. The van der Waals surface area contributed by atoms with Gasteiger partial charge in [0.1, 0.15) is 11.4 Å². The van der Waals surface area contributed by atoms with Crippen LogP contribution in [0.3, 0.4) is 0 Å². The number of carbonyl (C=O) groups excluding carboxylic acids is 4. The van der Waals surface area contributed by atoms with Gasteiger partial charge in [-0.05, 0) is 60.2 Å². The van der Waals surface area contributed by atoms with E-state index in [0.717, 1.165) is 4.90 Å². The Labute approximate surface area is 205 Å². The molecule has 0 bridgehead atoms. The van der Waals surface area contributed by atoms with E-state index in [2.05, 4.69) is 10.6 Å². The Balaban J connectivity index is 1.49. The van der Waals surface area contributed by atoms with Gasteiger partial charge in [0, 0.05) is 5.69 Å². The van der Waals surface area contributed by atoms with Gasteiger partial charge in [-0.1, -0.05) is 24.3 Å². The van der Waals surface area contributed by atoms with E-state index in [0.29, 0.717) is 16.9 Å². The van der Waals surface area contributed by atoms with Crippen LogP contribution < -0.4 is 25.0 Å². The third-order valence-corrected chi connectivity index (χ3v) is 5.10. The van der Waals surface area contributed by atoms with Gasteiger partial charge in [0.2, 0.25) is 0 Å². The summed E-state index contributed by atoms with van der Waals surface area (Å²) in [6.07, 6.45) is 1.33. The zero-order valence-electron chi connectivity index (χ0n) is 19.0. The maximum atomic E-state index is 13.0. The maximum absolute atomic E-state index is 13.0. The molecule has 3 aromatic carbocycles. The summed E-state index contributed by atoms with van der Waals surface area (Å²) in [6.45, 7) is -0.344. The topological polar surface area (TPSA) is 114 Å². The van der Waals surface area contributed by atoms with Crippen LogP contribution in [-0.2, 0) is 14.4 Å². The minimum atomic E-state index is -0.839. The van der Waals surface area contributed by atoms with Crippen LogP contribution in [0.4, 0.5) is 20.6 Å². The van der Waals surface area contributed by atoms with Gasteiger partial charge in [-0.2, -0.15) is 0 Å². The standard InChI is InChI=1S/C26H20FN3O6/c1-35-22-14-16(7-12-21(22)36-15-23(31)28-18-10-8-17(27)9-11-18)13-20-24(32)29-26(34)30(25(20)33)19-5-3-2-4-6-19/h2-14H,15H2,1H3,(H,28,31)(H,29,32,34). The van der Waals surface area contributed by atoms with Crippen LogP contribution in [0.15, 0.2) is 78.4 Å². The van der Waals surface area contributed by atoms with Crippen LogP contribution in [0.25, 0.3) is 6.08 Å². The third kappa shape index (κ3) is 5.39. The van der Waals surface area contributed by atoms with Crippen molar-refractivity contribution in [1.29, 1.82) is 0 Å². The minimum absolute atomic E-state index is 0.243. The molecule has 9 nitrogen and oxygen atoms in total. The number of imide groups is 2. The van der Waals surface area contributed by atoms with Crippen LogP contribution >= 0.6 is 0 Å². The van der Waals surface area contributed by atoms with Crippen molar-refractivity contribution in [2.75, 3.05) is 23.9 Å². The van der Waals surface area contributed by atoms with Crippen LogP contribution in [0.5, 0.6) is 11.5 Å². The first-order valence-corrected chi connectivity index (χ1v) is 10.7. The highest BCUT2D eigenvalue weighted by molar-refractivity contribution is 6.39. The first-order chi connectivity index (χ1) is 17.4. The van der Waals surface area contributed by atoms with Crippen molar-refractivity contribution < 1.29 is 33.0 Å². The molecule has 3 aromatic rings. The van der Waals surface area contributed by atoms with E-state index < -0.39 is 29.6 Å². The van der Waals surface area contributed by atoms with Gasteiger partial charge in [-0.25, -0.2) is 14.1 Å². The second-order valence-corrected chi connectivity index (χ2v) is 7.55. The van der Waals surface area contributed by atoms with Gasteiger partial charge >= 0.3 is 6.03 Å². The molecule has 5 amide bonds. The highest BCUT2D eigenvalue weighted by Gasteiger charge is 2.36.